The monoisotopic (exact) mass is 278 g/mol. The number of phenols is 1. The third kappa shape index (κ3) is 2.63. The Bertz CT molecular complexity index is 521. The molecule has 2 atom stereocenters. The maximum Gasteiger partial charge on any atom is 0.255 e. The van der Waals surface area contributed by atoms with E-state index in [1.807, 2.05) is 0 Å². The van der Waals surface area contributed by atoms with Gasteiger partial charge in [-0.15, -0.1) is 0 Å². The number of fused-ring (bicyclic) bond motifs is 1. The van der Waals surface area contributed by atoms with Crippen LogP contribution in [0, 0.1) is 5.82 Å². The number of hydrogen-bond acceptors (Lipinski definition) is 3. The number of carbonyl (C=O) groups is 1. The predicted molar refractivity (Wildman–Crippen MR) is 73.1 cm³/mol. The highest BCUT2D eigenvalue weighted by Gasteiger charge is 2.32. The maximum atomic E-state index is 12.9. The van der Waals surface area contributed by atoms with Crippen molar-refractivity contribution in [3.8, 4) is 5.75 Å². The van der Waals surface area contributed by atoms with Gasteiger partial charge in [-0.1, -0.05) is 0 Å². The van der Waals surface area contributed by atoms with E-state index in [2.05, 4.69) is 10.2 Å². The second-order valence-corrected chi connectivity index (χ2v) is 5.69. The molecule has 0 radical (unpaired) electrons. The fourth-order valence-corrected chi connectivity index (χ4v) is 3.32. The number of halogens is 1. The molecule has 2 saturated heterocycles. The first kappa shape index (κ1) is 13.4. The molecule has 1 aromatic rings. The van der Waals surface area contributed by atoms with E-state index in [-0.39, 0.29) is 23.3 Å². The van der Waals surface area contributed by atoms with E-state index in [1.165, 1.54) is 31.5 Å². The Morgan fingerprint density at radius 2 is 2.20 bits per heavy atom. The first-order valence-corrected chi connectivity index (χ1v) is 7.17. The molecule has 5 heteroatoms. The Morgan fingerprint density at radius 1 is 1.35 bits per heavy atom. The zero-order chi connectivity index (χ0) is 14.1. The average molecular weight is 278 g/mol. The largest absolute Gasteiger partial charge is 0.507 e. The second-order valence-electron chi connectivity index (χ2n) is 5.69. The summed E-state index contributed by atoms with van der Waals surface area (Å²) in [6.45, 7) is 2.19. The highest BCUT2D eigenvalue weighted by molar-refractivity contribution is 5.96. The number of benzene rings is 1. The number of phenolic OH excluding ortho intramolecular Hbond substituents is 1. The zero-order valence-electron chi connectivity index (χ0n) is 11.3. The Hall–Kier alpha value is -1.62. The van der Waals surface area contributed by atoms with E-state index >= 15 is 0 Å². The van der Waals surface area contributed by atoms with E-state index in [9.17, 15) is 14.3 Å². The van der Waals surface area contributed by atoms with Crippen molar-refractivity contribution in [2.75, 3.05) is 13.1 Å². The highest BCUT2D eigenvalue weighted by Crippen LogP contribution is 2.27. The van der Waals surface area contributed by atoms with E-state index in [0.29, 0.717) is 6.04 Å². The third-order valence-electron chi connectivity index (χ3n) is 4.36. The van der Waals surface area contributed by atoms with Crippen LogP contribution < -0.4 is 5.32 Å². The minimum atomic E-state index is -0.543. The summed E-state index contributed by atoms with van der Waals surface area (Å²) in [5.74, 6) is -1.17. The molecule has 1 aromatic carbocycles. The van der Waals surface area contributed by atoms with Crippen LogP contribution in [0.4, 0.5) is 4.39 Å². The van der Waals surface area contributed by atoms with Gasteiger partial charge in [0.05, 0.1) is 5.56 Å². The molecule has 2 aliphatic rings. The molecule has 3 rings (SSSR count). The van der Waals surface area contributed by atoms with Crippen LogP contribution in [0.2, 0.25) is 0 Å². The lowest BCUT2D eigenvalue weighted by Gasteiger charge is -2.35. The Labute approximate surface area is 117 Å². The number of nitrogens with one attached hydrogen (secondary N) is 1. The lowest BCUT2D eigenvalue weighted by atomic mass is 9.97. The van der Waals surface area contributed by atoms with Crippen molar-refractivity contribution < 1.29 is 14.3 Å². The second kappa shape index (κ2) is 5.40. The van der Waals surface area contributed by atoms with Gasteiger partial charge < -0.3 is 15.3 Å². The van der Waals surface area contributed by atoms with Crippen LogP contribution in [-0.4, -0.2) is 41.1 Å². The molecule has 0 spiro atoms. The molecule has 1 amide bonds. The van der Waals surface area contributed by atoms with Crippen molar-refractivity contribution in [3.05, 3.63) is 29.6 Å². The quantitative estimate of drug-likeness (QED) is 0.868. The van der Waals surface area contributed by atoms with Crippen LogP contribution in [0.3, 0.4) is 0 Å². The molecule has 2 N–H and O–H groups in total. The van der Waals surface area contributed by atoms with Crippen molar-refractivity contribution in [2.45, 2.75) is 37.8 Å². The molecular formula is C15H19FN2O2. The van der Waals surface area contributed by atoms with E-state index in [4.69, 9.17) is 0 Å². The Balaban J connectivity index is 1.64. The Kier molecular flexibility index (Phi) is 3.61. The van der Waals surface area contributed by atoms with Gasteiger partial charge in [-0.25, -0.2) is 4.39 Å². The molecule has 2 unspecified atom stereocenters. The van der Waals surface area contributed by atoms with Crippen molar-refractivity contribution in [3.63, 3.8) is 0 Å². The number of hydrogen-bond donors (Lipinski definition) is 2. The van der Waals surface area contributed by atoms with Gasteiger partial charge in [0.15, 0.2) is 0 Å². The number of amides is 1. The van der Waals surface area contributed by atoms with Crippen molar-refractivity contribution in [1.29, 1.82) is 0 Å². The topological polar surface area (TPSA) is 52.6 Å². The standard InChI is InChI=1S/C15H19FN2O2/c16-10-3-4-13(14(19)8-10)15(20)17-11-5-7-18-6-1-2-12(18)9-11/h3-4,8,11-12,19H,1-2,5-7,9H2,(H,17,20). The molecule has 0 bridgehead atoms. The summed E-state index contributed by atoms with van der Waals surface area (Å²) < 4.78 is 12.9. The molecule has 2 aliphatic heterocycles. The van der Waals surface area contributed by atoms with E-state index in [1.54, 1.807) is 0 Å². The normalized spacial score (nSPS) is 26.2. The van der Waals surface area contributed by atoms with Gasteiger partial charge in [-0.05, 0) is 44.4 Å². The minimum absolute atomic E-state index is 0.139. The van der Waals surface area contributed by atoms with Crippen LogP contribution in [0.15, 0.2) is 18.2 Å². The van der Waals surface area contributed by atoms with Gasteiger partial charge in [0.2, 0.25) is 0 Å². The number of piperidine rings is 1. The SMILES string of the molecule is O=C(NC1CCN2CCCC2C1)c1ccc(F)cc1O. The van der Waals surface area contributed by atoms with Crippen LogP contribution in [-0.2, 0) is 0 Å². The third-order valence-corrected chi connectivity index (χ3v) is 4.36. The summed E-state index contributed by atoms with van der Waals surface area (Å²) in [6, 6.07) is 4.20. The molecule has 0 aromatic heterocycles. The maximum absolute atomic E-state index is 12.9. The Morgan fingerprint density at radius 3 is 3.00 bits per heavy atom. The van der Waals surface area contributed by atoms with E-state index in [0.717, 1.165) is 25.5 Å². The van der Waals surface area contributed by atoms with Gasteiger partial charge >= 0.3 is 0 Å². The fourth-order valence-electron chi connectivity index (χ4n) is 3.32. The van der Waals surface area contributed by atoms with Crippen LogP contribution in [0.1, 0.15) is 36.0 Å². The summed E-state index contributed by atoms with van der Waals surface area (Å²) in [7, 11) is 0. The summed E-state index contributed by atoms with van der Waals surface area (Å²) in [5.41, 5.74) is 0.139. The average Bonchev–Trinajstić information content (AvgIpc) is 2.85. The summed E-state index contributed by atoms with van der Waals surface area (Å²) in [5, 5.41) is 12.6. The smallest absolute Gasteiger partial charge is 0.255 e. The zero-order valence-corrected chi connectivity index (χ0v) is 11.3. The number of aromatic hydroxyl groups is 1. The molecule has 2 fully saturated rings. The highest BCUT2D eigenvalue weighted by atomic mass is 19.1. The van der Waals surface area contributed by atoms with Crippen LogP contribution >= 0.6 is 0 Å². The lowest BCUT2D eigenvalue weighted by Crippen LogP contribution is -2.47. The molecular weight excluding hydrogens is 259 g/mol. The van der Waals surface area contributed by atoms with Crippen molar-refractivity contribution in [2.24, 2.45) is 0 Å². The predicted octanol–water partition coefficient (Wildman–Crippen LogP) is 1.89. The van der Waals surface area contributed by atoms with Crippen LogP contribution in [0.25, 0.3) is 0 Å². The van der Waals surface area contributed by atoms with Crippen molar-refractivity contribution in [1.82, 2.24) is 10.2 Å². The fraction of sp³-hybridized carbons (Fsp3) is 0.533. The summed E-state index contributed by atoms with van der Waals surface area (Å²) in [4.78, 5) is 14.6. The van der Waals surface area contributed by atoms with Crippen molar-refractivity contribution >= 4 is 5.91 Å². The van der Waals surface area contributed by atoms with Crippen LogP contribution in [0.5, 0.6) is 5.75 Å². The first-order chi connectivity index (χ1) is 9.63. The number of rotatable bonds is 2. The summed E-state index contributed by atoms with van der Waals surface area (Å²) in [6.07, 6.45) is 4.34. The molecule has 108 valence electrons. The molecule has 0 aliphatic carbocycles. The van der Waals surface area contributed by atoms with E-state index < -0.39 is 5.82 Å². The first-order valence-electron chi connectivity index (χ1n) is 7.17. The number of nitrogens with zero attached hydrogens (tertiary/aromatic N) is 1. The molecule has 20 heavy (non-hydrogen) atoms. The summed E-state index contributed by atoms with van der Waals surface area (Å²) >= 11 is 0. The van der Waals surface area contributed by atoms with Gasteiger partial charge in [0.25, 0.3) is 5.91 Å². The minimum Gasteiger partial charge on any atom is -0.507 e. The lowest BCUT2D eigenvalue weighted by molar-refractivity contribution is 0.0893. The number of carbonyl (C=O) groups excluding carboxylic acids is 1. The molecule has 4 nitrogen and oxygen atoms in total. The van der Waals surface area contributed by atoms with Gasteiger partial charge in [-0.3, -0.25) is 4.79 Å². The van der Waals surface area contributed by atoms with Gasteiger partial charge in [0.1, 0.15) is 11.6 Å². The van der Waals surface area contributed by atoms with Gasteiger partial charge in [-0.2, -0.15) is 0 Å². The molecule has 2 heterocycles. The molecule has 0 saturated carbocycles. The van der Waals surface area contributed by atoms with Gasteiger partial charge in [0, 0.05) is 24.7 Å².